The number of carbonyl (C=O) groups excluding carboxylic acids is 2. The minimum Gasteiger partial charge on any atom is -0.274 e. The number of alkyl halides is 3. The average molecular weight is 257 g/mol. The van der Waals surface area contributed by atoms with Crippen molar-refractivity contribution in [2.75, 3.05) is 4.90 Å². The van der Waals surface area contributed by atoms with Gasteiger partial charge < -0.3 is 0 Å². The van der Waals surface area contributed by atoms with Crippen LogP contribution in [0.3, 0.4) is 0 Å². The molecule has 1 aromatic rings. The zero-order valence-corrected chi connectivity index (χ0v) is 9.54. The molecule has 1 heterocycles. The van der Waals surface area contributed by atoms with E-state index in [9.17, 15) is 22.8 Å². The van der Waals surface area contributed by atoms with Gasteiger partial charge in [-0.25, -0.2) is 0 Å². The Morgan fingerprint density at radius 1 is 1.06 bits per heavy atom. The van der Waals surface area contributed by atoms with Crippen LogP contribution in [0.1, 0.15) is 24.0 Å². The third kappa shape index (κ3) is 2.23. The van der Waals surface area contributed by atoms with Gasteiger partial charge in [-0.3, -0.25) is 14.5 Å². The van der Waals surface area contributed by atoms with E-state index < -0.39 is 23.6 Å². The quantitative estimate of drug-likeness (QED) is 0.725. The largest absolute Gasteiger partial charge is 0.416 e. The van der Waals surface area contributed by atoms with Gasteiger partial charge in [0.25, 0.3) is 0 Å². The number of halogens is 3. The van der Waals surface area contributed by atoms with Gasteiger partial charge in [-0.05, 0) is 30.7 Å². The molecule has 6 heteroatoms. The number of nitrogens with zero attached hydrogens (tertiary/aromatic N) is 1. The summed E-state index contributed by atoms with van der Waals surface area (Å²) in [5.41, 5.74) is -0.507. The summed E-state index contributed by atoms with van der Waals surface area (Å²) in [6, 6.07) is 3.21. The lowest BCUT2D eigenvalue weighted by Crippen LogP contribution is -2.29. The van der Waals surface area contributed by atoms with Crippen LogP contribution in [0.5, 0.6) is 0 Å². The van der Waals surface area contributed by atoms with Gasteiger partial charge in [-0.2, -0.15) is 13.2 Å². The molecule has 2 rings (SSSR count). The van der Waals surface area contributed by atoms with Crippen LogP contribution >= 0.6 is 0 Å². The third-order valence-electron chi connectivity index (χ3n) is 2.70. The van der Waals surface area contributed by atoms with Crippen LogP contribution in [0.25, 0.3) is 0 Å². The number of amides is 2. The molecule has 0 radical (unpaired) electrons. The van der Waals surface area contributed by atoms with E-state index in [0.29, 0.717) is 5.56 Å². The minimum absolute atomic E-state index is 0.00479. The first-order valence-electron chi connectivity index (χ1n) is 5.34. The van der Waals surface area contributed by atoms with Crippen molar-refractivity contribution < 1.29 is 22.8 Å². The summed E-state index contributed by atoms with van der Waals surface area (Å²) < 4.78 is 37.9. The van der Waals surface area contributed by atoms with Gasteiger partial charge in [-0.1, -0.05) is 0 Å². The van der Waals surface area contributed by atoms with Crippen LogP contribution in [0.15, 0.2) is 18.2 Å². The lowest BCUT2D eigenvalue weighted by molar-refractivity contribution is -0.137. The number of benzene rings is 1. The summed E-state index contributed by atoms with van der Waals surface area (Å²) in [5.74, 6) is -0.919. The van der Waals surface area contributed by atoms with Crippen molar-refractivity contribution in [3.05, 3.63) is 29.3 Å². The average Bonchev–Trinajstić information content (AvgIpc) is 2.56. The Hall–Kier alpha value is -1.85. The Bertz CT molecular complexity index is 507. The highest BCUT2D eigenvalue weighted by Crippen LogP contribution is 2.34. The predicted molar refractivity (Wildman–Crippen MR) is 57.9 cm³/mol. The molecular formula is C12H10F3NO2. The lowest BCUT2D eigenvalue weighted by atomic mass is 10.1. The van der Waals surface area contributed by atoms with Gasteiger partial charge in [0.2, 0.25) is 11.8 Å². The Balaban J connectivity index is 2.49. The number of carbonyl (C=O) groups is 2. The van der Waals surface area contributed by atoms with E-state index in [1.54, 1.807) is 0 Å². The number of hydrogen-bond acceptors (Lipinski definition) is 2. The number of rotatable bonds is 1. The number of imide groups is 1. The second kappa shape index (κ2) is 4.12. The van der Waals surface area contributed by atoms with E-state index in [2.05, 4.69) is 0 Å². The second-order valence-corrected chi connectivity index (χ2v) is 4.18. The maximum absolute atomic E-state index is 12.6. The Labute approximate surface area is 101 Å². The van der Waals surface area contributed by atoms with Crippen LogP contribution in [0.2, 0.25) is 0 Å². The molecule has 0 bridgehead atoms. The molecule has 3 nitrogen and oxygen atoms in total. The minimum atomic E-state index is -4.49. The second-order valence-electron chi connectivity index (χ2n) is 4.18. The van der Waals surface area contributed by atoms with Gasteiger partial charge in [-0.15, -0.1) is 0 Å². The molecule has 2 amide bonds. The molecule has 96 valence electrons. The summed E-state index contributed by atoms with van der Waals surface area (Å²) >= 11 is 0. The summed E-state index contributed by atoms with van der Waals surface area (Å²) in [6.45, 7) is 1.49. The molecule has 0 N–H and O–H groups in total. The van der Waals surface area contributed by atoms with E-state index in [4.69, 9.17) is 0 Å². The lowest BCUT2D eigenvalue weighted by Gasteiger charge is -2.17. The van der Waals surface area contributed by atoms with E-state index in [1.807, 2.05) is 0 Å². The fourth-order valence-electron chi connectivity index (χ4n) is 1.92. The van der Waals surface area contributed by atoms with Crippen molar-refractivity contribution in [3.63, 3.8) is 0 Å². The first-order valence-corrected chi connectivity index (χ1v) is 5.34. The molecule has 0 aromatic heterocycles. The summed E-state index contributed by atoms with van der Waals surface area (Å²) in [4.78, 5) is 23.8. The Morgan fingerprint density at radius 2 is 1.61 bits per heavy atom. The summed E-state index contributed by atoms with van der Waals surface area (Å²) in [5, 5.41) is 0. The summed E-state index contributed by atoms with van der Waals surface area (Å²) in [6.07, 6.45) is -4.39. The maximum Gasteiger partial charge on any atom is 0.416 e. The van der Waals surface area contributed by atoms with Crippen LogP contribution in [-0.4, -0.2) is 11.8 Å². The Morgan fingerprint density at radius 3 is 2.11 bits per heavy atom. The highest BCUT2D eigenvalue weighted by molar-refractivity contribution is 6.19. The molecule has 1 fully saturated rings. The van der Waals surface area contributed by atoms with E-state index >= 15 is 0 Å². The van der Waals surface area contributed by atoms with Gasteiger partial charge in [0.1, 0.15) is 0 Å². The highest BCUT2D eigenvalue weighted by Gasteiger charge is 2.34. The standard InChI is InChI=1S/C12H10F3NO2/c1-7-4-8(12(13,14)15)6-9(5-7)16-10(17)2-3-11(16)18/h4-6H,2-3H2,1H3. The SMILES string of the molecule is Cc1cc(N2C(=O)CCC2=O)cc(C(F)(F)F)c1. The van der Waals surface area contributed by atoms with Gasteiger partial charge in [0, 0.05) is 12.8 Å². The van der Waals surface area contributed by atoms with E-state index in [-0.39, 0.29) is 18.5 Å². The maximum atomic E-state index is 12.6. The van der Waals surface area contributed by atoms with Crippen LogP contribution < -0.4 is 4.90 Å². The highest BCUT2D eigenvalue weighted by atomic mass is 19.4. The molecule has 0 unspecified atom stereocenters. The fourth-order valence-corrected chi connectivity index (χ4v) is 1.92. The van der Waals surface area contributed by atoms with E-state index in [0.717, 1.165) is 17.0 Å². The predicted octanol–water partition coefficient (Wildman–Crippen LogP) is 2.67. The van der Waals surface area contributed by atoms with E-state index in [1.165, 1.54) is 13.0 Å². The van der Waals surface area contributed by atoms with Crippen LogP contribution in [0, 0.1) is 6.92 Å². The van der Waals surface area contributed by atoms with Crippen LogP contribution in [-0.2, 0) is 15.8 Å². The van der Waals surface area contributed by atoms with Crippen molar-refractivity contribution in [2.24, 2.45) is 0 Å². The topological polar surface area (TPSA) is 37.4 Å². The summed E-state index contributed by atoms with van der Waals surface area (Å²) in [7, 11) is 0. The monoisotopic (exact) mass is 257 g/mol. The third-order valence-corrected chi connectivity index (χ3v) is 2.70. The molecule has 0 spiro atoms. The molecule has 1 aliphatic rings. The fraction of sp³-hybridized carbons (Fsp3) is 0.333. The first-order chi connectivity index (χ1) is 8.29. The zero-order chi connectivity index (χ0) is 13.5. The Kier molecular flexibility index (Phi) is 2.88. The molecule has 1 saturated heterocycles. The van der Waals surface area contributed by atoms with Crippen molar-refractivity contribution in [1.82, 2.24) is 0 Å². The molecule has 1 aromatic carbocycles. The van der Waals surface area contributed by atoms with Gasteiger partial charge >= 0.3 is 6.18 Å². The molecule has 1 aliphatic heterocycles. The first kappa shape index (κ1) is 12.6. The molecule has 0 saturated carbocycles. The zero-order valence-electron chi connectivity index (χ0n) is 9.54. The molecule has 0 aliphatic carbocycles. The smallest absolute Gasteiger partial charge is 0.274 e. The number of hydrogen-bond donors (Lipinski definition) is 0. The van der Waals surface area contributed by atoms with Gasteiger partial charge in [0.15, 0.2) is 0 Å². The van der Waals surface area contributed by atoms with Crippen molar-refractivity contribution in [1.29, 1.82) is 0 Å². The molecule has 0 atom stereocenters. The van der Waals surface area contributed by atoms with Crippen molar-refractivity contribution in [3.8, 4) is 0 Å². The van der Waals surface area contributed by atoms with Crippen molar-refractivity contribution in [2.45, 2.75) is 25.9 Å². The van der Waals surface area contributed by atoms with Crippen molar-refractivity contribution >= 4 is 17.5 Å². The molecular weight excluding hydrogens is 247 g/mol. The molecule has 18 heavy (non-hydrogen) atoms. The number of aryl methyl sites for hydroxylation is 1. The number of anilines is 1. The van der Waals surface area contributed by atoms with Crippen LogP contribution in [0.4, 0.5) is 18.9 Å². The normalized spacial score (nSPS) is 16.6. The van der Waals surface area contributed by atoms with Gasteiger partial charge in [0.05, 0.1) is 11.3 Å².